The Morgan fingerprint density at radius 1 is 1.14 bits per heavy atom. The van der Waals surface area contributed by atoms with Gasteiger partial charge in [0.2, 0.25) is 0 Å². The minimum atomic E-state index is -1.51. The van der Waals surface area contributed by atoms with Crippen molar-refractivity contribution in [3.63, 3.8) is 0 Å². The van der Waals surface area contributed by atoms with Gasteiger partial charge in [-0.05, 0) is 37.4 Å². The molecule has 1 aliphatic heterocycles. The van der Waals surface area contributed by atoms with Crippen LogP contribution in [0.15, 0.2) is 29.1 Å². The number of aromatic carboxylic acids is 2. The van der Waals surface area contributed by atoms with E-state index in [9.17, 15) is 24.6 Å². The van der Waals surface area contributed by atoms with Gasteiger partial charge in [0.25, 0.3) is 5.56 Å². The maximum Gasteiger partial charge on any atom is 0.342 e. The third-order valence-electron chi connectivity index (χ3n) is 5.24. The van der Waals surface area contributed by atoms with Gasteiger partial charge in [-0.15, -0.1) is 0 Å². The number of likely N-dealkylation sites (tertiary alicyclic amines) is 1. The van der Waals surface area contributed by atoms with Crippen LogP contribution in [0.25, 0.3) is 11.1 Å². The lowest BCUT2D eigenvalue weighted by molar-refractivity contribution is 0.0695. The molecule has 0 spiro atoms. The van der Waals surface area contributed by atoms with Gasteiger partial charge in [-0.1, -0.05) is 30.7 Å². The molecule has 8 heteroatoms. The smallest absolute Gasteiger partial charge is 0.342 e. The van der Waals surface area contributed by atoms with Crippen molar-refractivity contribution >= 4 is 17.8 Å². The predicted molar refractivity (Wildman–Crippen MR) is 105 cm³/mol. The number of H-pyrrole nitrogens is 1. The zero-order valence-electron chi connectivity index (χ0n) is 15.6. The molecule has 2 heterocycles. The largest absolute Gasteiger partial charge is 0.478 e. The first-order valence-electron chi connectivity index (χ1n) is 9.15. The molecule has 2 aromatic rings. The van der Waals surface area contributed by atoms with E-state index in [0.29, 0.717) is 11.6 Å². The number of piperidine rings is 1. The van der Waals surface area contributed by atoms with E-state index >= 15 is 0 Å². The molecule has 0 amide bonds. The number of carboxylic acid groups (broad SMARTS) is 2. The van der Waals surface area contributed by atoms with Gasteiger partial charge in [0.15, 0.2) is 0 Å². The second-order valence-electron chi connectivity index (χ2n) is 7.12. The second-order valence-corrected chi connectivity index (χ2v) is 7.12. The highest BCUT2D eigenvalue weighted by Gasteiger charge is 2.26. The van der Waals surface area contributed by atoms with Crippen molar-refractivity contribution in [1.82, 2.24) is 9.88 Å². The summed E-state index contributed by atoms with van der Waals surface area (Å²) in [5.74, 6) is -3.29. The van der Waals surface area contributed by atoms with Crippen LogP contribution in [-0.4, -0.2) is 44.6 Å². The van der Waals surface area contributed by atoms with Crippen LogP contribution >= 0.6 is 0 Å². The summed E-state index contributed by atoms with van der Waals surface area (Å²) in [6.45, 7) is 3.99. The topological polar surface area (TPSA) is 137 Å². The number of nitrogen functional groups attached to an aromatic ring is 1. The molecule has 1 atom stereocenters. The first kappa shape index (κ1) is 19.6. The Balaban J connectivity index is 2.03. The number of rotatable bonds is 5. The Hall–Kier alpha value is -3.13. The van der Waals surface area contributed by atoms with E-state index in [1.165, 1.54) is 12.8 Å². The van der Waals surface area contributed by atoms with Crippen molar-refractivity contribution in [3.05, 3.63) is 51.3 Å². The molecule has 1 fully saturated rings. The minimum Gasteiger partial charge on any atom is -0.478 e. The summed E-state index contributed by atoms with van der Waals surface area (Å²) in [6.07, 6.45) is 3.56. The number of benzene rings is 1. The lowest BCUT2D eigenvalue weighted by Gasteiger charge is -2.33. The molecule has 1 saturated heterocycles. The summed E-state index contributed by atoms with van der Waals surface area (Å²) in [5, 5.41) is 18.9. The third-order valence-corrected chi connectivity index (χ3v) is 5.24. The van der Waals surface area contributed by atoms with Crippen LogP contribution in [-0.2, 0) is 6.54 Å². The van der Waals surface area contributed by atoms with E-state index in [0.717, 1.165) is 25.1 Å². The van der Waals surface area contributed by atoms with Crippen molar-refractivity contribution in [2.45, 2.75) is 38.8 Å². The number of aromatic nitrogens is 1. The number of hydrogen-bond donors (Lipinski definition) is 4. The van der Waals surface area contributed by atoms with E-state index in [1.54, 1.807) is 12.1 Å². The zero-order chi connectivity index (χ0) is 20.4. The SMILES string of the molecule is CC1CCCCN1Cc1ccc(-c2c(C(=O)O)c(N)[nH]c(=O)c2C(=O)O)cc1. The number of carboxylic acids is 2. The maximum atomic E-state index is 12.1. The average molecular weight is 385 g/mol. The molecule has 0 saturated carbocycles. The standard InChI is InChI=1S/C20H23N3O5/c1-11-4-2-3-9-23(11)10-12-5-7-13(8-6-12)14-15(19(25)26)17(21)22-18(24)16(14)20(27)28/h5-8,11H,2-4,9-10H2,1H3,(H,25,26)(H,27,28)(H3,21,22,24). The van der Waals surface area contributed by atoms with Crippen LogP contribution in [0.4, 0.5) is 5.82 Å². The quantitative estimate of drug-likeness (QED) is 0.620. The van der Waals surface area contributed by atoms with E-state index < -0.39 is 28.6 Å². The molecule has 1 aromatic heterocycles. The van der Waals surface area contributed by atoms with Crippen molar-refractivity contribution in [1.29, 1.82) is 0 Å². The van der Waals surface area contributed by atoms with Gasteiger partial charge < -0.3 is 20.9 Å². The van der Waals surface area contributed by atoms with E-state index in [2.05, 4.69) is 16.8 Å². The molecule has 1 unspecified atom stereocenters. The van der Waals surface area contributed by atoms with Gasteiger partial charge in [0.05, 0.1) is 0 Å². The number of nitrogens with zero attached hydrogens (tertiary/aromatic N) is 1. The van der Waals surface area contributed by atoms with Gasteiger partial charge in [-0.2, -0.15) is 0 Å². The second kappa shape index (κ2) is 7.85. The molecule has 0 aliphatic carbocycles. The van der Waals surface area contributed by atoms with Gasteiger partial charge in [-0.3, -0.25) is 9.69 Å². The first-order valence-corrected chi connectivity index (χ1v) is 9.15. The molecule has 1 aliphatic rings. The van der Waals surface area contributed by atoms with Crippen molar-refractivity contribution in [2.75, 3.05) is 12.3 Å². The van der Waals surface area contributed by atoms with Crippen molar-refractivity contribution < 1.29 is 19.8 Å². The molecule has 0 radical (unpaired) electrons. The Labute approximate surface area is 161 Å². The maximum absolute atomic E-state index is 12.1. The highest BCUT2D eigenvalue weighted by molar-refractivity contribution is 6.07. The van der Waals surface area contributed by atoms with Crippen LogP contribution in [0.5, 0.6) is 0 Å². The van der Waals surface area contributed by atoms with E-state index in [-0.39, 0.29) is 11.4 Å². The average Bonchev–Trinajstić information content (AvgIpc) is 2.63. The van der Waals surface area contributed by atoms with E-state index in [1.807, 2.05) is 12.1 Å². The van der Waals surface area contributed by atoms with Crippen LogP contribution in [0, 0.1) is 0 Å². The van der Waals surface area contributed by atoms with E-state index in [4.69, 9.17) is 5.73 Å². The summed E-state index contributed by atoms with van der Waals surface area (Å²) in [4.78, 5) is 39.9. The number of nitrogens with one attached hydrogen (secondary N) is 1. The molecule has 1 aromatic carbocycles. The van der Waals surface area contributed by atoms with Crippen molar-refractivity contribution in [2.24, 2.45) is 0 Å². The molecular weight excluding hydrogens is 362 g/mol. The zero-order valence-corrected chi connectivity index (χ0v) is 15.6. The number of nitrogens with two attached hydrogens (primary N) is 1. The van der Waals surface area contributed by atoms with Gasteiger partial charge in [0, 0.05) is 18.2 Å². The monoisotopic (exact) mass is 385 g/mol. The lowest BCUT2D eigenvalue weighted by atomic mass is 9.94. The molecule has 148 valence electrons. The fourth-order valence-electron chi connectivity index (χ4n) is 3.74. The molecule has 8 nitrogen and oxygen atoms in total. The molecule has 28 heavy (non-hydrogen) atoms. The highest BCUT2D eigenvalue weighted by atomic mass is 16.4. The number of hydrogen-bond acceptors (Lipinski definition) is 5. The fraction of sp³-hybridized carbons (Fsp3) is 0.350. The summed E-state index contributed by atoms with van der Waals surface area (Å²) in [5.41, 5.74) is 4.84. The number of carbonyl (C=O) groups is 2. The van der Waals surface area contributed by atoms with Gasteiger partial charge >= 0.3 is 11.9 Å². The summed E-state index contributed by atoms with van der Waals surface area (Å²) in [7, 11) is 0. The molecule has 5 N–H and O–H groups in total. The molecule has 0 bridgehead atoms. The molecular formula is C20H23N3O5. The number of anilines is 1. The highest BCUT2D eigenvalue weighted by Crippen LogP contribution is 2.30. The van der Waals surface area contributed by atoms with Crippen LogP contribution in [0.3, 0.4) is 0 Å². The fourth-order valence-corrected chi connectivity index (χ4v) is 3.74. The predicted octanol–water partition coefficient (Wildman–Crippen LogP) is 2.39. The Bertz CT molecular complexity index is 965. The van der Waals surface area contributed by atoms with Crippen LogP contribution in [0.2, 0.25) is 0 Å². The Kier molecular flexibility index (Phi) is 5.51. The summed E-state index contributed by atoms with van der Waals surface area (Å²) in [6, 6.07) is 7.42. The third kappa shape index (κ3) is 3.77. The van der Waals surface area contributed by atoms with Gasteiger partial charge in [-0.25, -0.2) is 9.59 Å². The minimum absolute atomic E-state index is 0.181. The summed E-state index contributed by atoms with van der Waals surface area (Å²) >= 11 is 0. The normalized spacial score (nSPS) is 17.4. The molecule has 3 rings (SSSR count). The Morgan fingerprint density at radius 3 is 2.36 bits per heavy atom. The first-order chi connectivity index (χ1) is 13.3. The Morgan fingerprint density at radius 2 is 1.79 bits per heavy atom. The lowest BCUT2D eigenvalue weighted by Crippen LogP contribution is -2.36. The van der Waals surface area contributed by atoms with Crippen LogP contribution < -0.4 is 11.3 Å². The summed E-state index contributed by atoms with van der Waals surface area (Å²) < 4.78 is 0. The number of aromatic amines is 1. The van der Waals surface area contributed by atoms with Gasteiger partial charge in [0.1, 0.15) is 16.9 Å². The number of pyridine rings is 1. The van der Waals surface area contributed by atoms with Crippen molar-refractivity contribution in [3.8, 4) is 11.1 Å². The van der Waals surface area contributed by atoms with Crippen LogP contribution in [0.1, 0.15) is 52.5 Å².